The number of hydrogen-bond donors (Lipinski definition) is 1. The third kappa shape index (κ3) is 3.31. The highest BCUT2D eigenvalue weighted by Crippen LogP contribution is 2.23. The molecule has 102 valence electrons. The van der Waals surface area contributed by atoms with Crippen LogP contribution in [0.25, 0.3) is 0 Å². The summed E-state index contributed by atoms with van der Waals surface area (Å²) in [6.45, 7) is 4.80. The van der Waals surface area contributed by atoms with Crippen molar-refractivity contribution in [1.82, 2.24) is 9.78 Å². The molecule has 0 amide bonds. The third-order valence-corrected chi connectivity index (χ3v) is 3.90. The summed E-state index contributed by atoms with van der Waals surface area (Å²) >= 11 is 9.83. The summed E-state index contributed by atoms with van der Waals surface area (Å²) in [5.41, 5.74) is 4.24. The normalized spacial score (nSPS) is 10.8. The van der Waals surface area contributed by atoms with Crippen LogP contribution in [0.5, 0.6) is 0 Å². The van der Waals surface area contributed by atoms with Gasteiger partial charge in [-0.05, 0) is 37.1 Å². The topological polar surface area (TPSA) is 29.9 Å². The maximum atomic E-state index is 6.33. The van der Waals surface area contributed by atoms with E-state index in [0.29, 0.717) is 6.54 Å². The highest BCUT2D eigenvalue weighted by atomic mass is 79.9. The minimum atomic E-state index is 0.665. The van der Waals surface area contributed by atoms with Gasteiger partial charge in [0.25, 0.3) is 0 Å². The van der Waals surface area contributed by atoms with Crippen LogP contribution < -0.4 is 5.32 Å². The lowest BCUT2D eigenvalue weighted by Crippen LogP contribution is -2.06. The number of aryl methyl sites for hydroxylation is 3. The molecule has 0 aliphatic carbocycles. The number of nitrogens with one attached hydrogen (secondary N) is 1. The molecule has 0 aliphatic heterocycles. The first kappa shape index (κ1) is 14.4. The van der Waals surface area contributed by atoms with Crippen LogP contribution in [-0.4, -0.2) is 9.78 Å². The summed E-state index contributed by atoms with van der Waals surface area (Å²) in [7, 11) is 1.92. The smallest absolute Gasteiger partial charge is 0.0868 e. The van der Waals surface area contributed by atoms with Crippen molar-refractivity contribution in [2.45, 2.75) is 26.8 Å². The molecule has 0 saturated heterocycles. The first-order valence-electron chi connectivity index (χ1n) is 6.22. The average Bonchev–Trinajstić information content (AvgIpc) is 2.61. The molecule has 1 heterocycles. The van der Waals surface area contributed by atoms with Gasteiger partial charge in [0.2, 0.25) is 0 Å². The molecular formula is C14H17BrClN3. The number of aromatic nitrogens is 2. The molecule has 0 unspecified atom stereocenters. The molecule has 0 bridgehead atoms. The molecule has 2 aromatic rings. The van der Waals surface area contributed by atoms with Crippen molar-refractivity contribution in [3.8, 4) is 0 Å². The molecule has 1 aromatic carbocycles. The Kier molecular flexibility index (Phi) is 4.53. The maximum Gasteiger partial charge on any atom is 0.0868 e. The van der Waals surface area contributed by atoms with Gasteiger partial charge in [-0.3, -0.25) is 4.68 Å². The standard InChI is InChI=1S/C14H17BrClN3/c1-4-12-14(16)13(19(3)18-12)8-17-11-6-9(2)5-10(15)7-11/h5-7,17H,4,8H2,1-3H3. The lowest BCUT2D eigenvalue weighted by molar-refractivity contribution is 0.707. The molecule has 2 rings (SSSR count). The van der Waals surface area contributed by atoms with Gasteiger partial charge in [-0.15, -0.1) is 0 Å². The van der Waals surface area contributed by atoms with Crippen LogP contribution in [0.3, 0.4) is 0 Å². The Labute approximate surface area is 127 Å². The fraction of sp³-hybridized carbons (Fsp3) is 0.357. The fourth-order valence-corrected chi connectivity index (χ4v) is 3.00. The Morgan fingerprint density at radius 3 is 2.68 bits per heavy atom. The van der Waals surface area contributed by atoms with Gasteiger partial charge in [0.05, 0.1) is 23.0 Å². The van der Waals surface area contributed by atoms with E-state index in [2.05, 4.69) is 58.4 Å². The van der Waals surface area contributed by atoms with Crippen molar-refractivity contribution in [3.63, 3.8) is 0 Å². The zero-order valence-electron chi connectivity index (χ0n) is 11.3. The summed E-state index contributed by atoms with van der Waals surface area (Å²) in [5, 5.41) is 8.57. The van der Waals surface area contributed by atoms with E-state index in [1.54, 1.807) is 0 Å². The summed E-state index contributed by atoms with van der Waals surface area (Å²) in [6.07, 6.45) is 0.850. The zero-order chi connectivity index (χ0) is 14.0. The first-order valence-corrected chi connectivity index (χ1v) is 7.39. The summed E-state index contributed by atoms with van der Waals surface area (Å²) < 4.78 is 2.92. The molecular weight excluding hydrogens is 326 g/mol. The van der Waals surface area contributed by atoms with Crippen molar-refractivity contribution < 1.29 is 0 Å². The van der Waals surface area contributed by atoms with Crippen molar-refractivity contribution in [3.05, 3.63) is 44.6 Å². The second-order valence-electron chi connectivity index (χ2n) is 4.56. The number of nitrogens with zero attached hydrogens (tertiary/aromatic N) is 2. The molecule has 0 radical (unpaired) electrons. The molecule has 19 heavy (non-hydrogen) atoms. The number of rotatable bonds is 4. The van der Waals surface area contributed by atoms with Crippen molar-refractivity contribution in [1.29, 1.82) is 0 Å². The summed E-state index contributed by atoms with van der Waals surface area (Å²) in [6, 6.07) is 6.24. The lowest BCUT2D eigenvalue weighted by Gasteiger charge is -2.09. The SMILES string of the molecule is CCc1nn(C)c(CNc2cc(C)cc(Br)c2)c1Cl. The second kappa shape index (κ2) is 5.97. The second-order valence-corrected chi connectivity index (χ2v) is 5.85. The lowest BCUT2D eigenvalue weighted by atomic mass is 10.2. The Morgan fingerprint density at radius 2 is 2.11 bits per heavy atom. The predicted molar refractivity (Wildman–Crippen MR) is 83.8 cm³/mol. The monoisotopic (exact) mass is 341 g/mol. The van der Waals surface area contributed by atoms with E-state index in [-0.39, 0.29) is 0 Å². The van der Waals surface area contributed by atoms with E-state index in [1.165, 1.54) is 5.56 Å². The predicted octanol–water partition coefficient (Wildman–Crippen LogP) is 4.32. The molecule has 0 fully saturated rings. The van der Waals surface area contributed by atoms with Gasteiger partial charge in [0.15, 0.2) is 0 Å². The van der Waals surface area contributed by atoms with Gasteiger partial charge in [-0.1, -0.05) is 34.5 Å². The summed E-state index contributed by atoms with van der Waals surface area (Å²) in [5.74, 6) is 0. The van der Waals surface area contributed by atoms with Crippen LogP contribution in [0.4, 0.5) is 5.69 Å². The zero-order valence-corrected chi connectivity index (χ0v) is 13.6. The van der Waals surface area contributed by atoms with E-state index in [4.69, 9.17) is 11.6 Å². The van der Waals surface area contributed by atoms with Gasteiger partial charge in [0, 0.05) is 17.2 Å². The van der Waals surface area contributed by atoms with Crippen LogP contribution in [0.15, 0.2) is 22.7 Å². The Balaban J connectivity index is 2.16. The highest BCUT2D eigenvalue weighted by molar-refractivity contribution is 9.10. The Bertz CT molecular complexity index is 572. The maximum absolute atomic E-state index is 6.33. The molecule has 0 aliphatic rings. The summed E-state index contributed by atoms with van der Waals surface area (Å²) in [4.78, 5) is 0. The molecule has 5 heteroatoms. The van der Waals surface area contributed by atoms with Crippen molar-refractivity contribution >= 4 is 33.2 Å². The van der Waals surface area contributed by atoms with E-state index in [0.717, 1.165) is 33.0 Å². The van der Waals surface area contributed by atoms with Gasteiger partial charge in [0.1, 0.15) is 0 Å². The number of halogens is 2. The number of benzene rings is 1. The van der Waals surface area contributed by atoms with Crippen LogP contribution in [0.1, 0.15) is 23.9 Å². The Morgan fingerprint density at radius 1 is 1.37 bits per heavy atom. The largest absolute Gasteiger partial charge is 0.379 e. The molecule has 1 aromatic heterocycles. The van der Waals surface area contributed by atoms with Gasteiger partial charge in [-0.25, -0.2) is 0 Å². The molecule has 3 nitrogen and oxygen atoms in total. The highest BCUT2D eigenvalue weighted by Gasteiger charge is 2.12. The number of anilines is 1. The molecule has 0 saturated carbocycles. The van der Waals surface area contributed by atoms with E-state index in [1.807, 2.05) is 11.7 Å². The van der Waals surface area contributed by atoms with Crippen LogP contribution in [0, 0.1) is 6.92 Å². The van der Waals surface area contributed by atoms with Gasteiger partial charge < -0.3 is 5.32 Å². The first-order chi connectivity index (χ1) is 9.01. The molecule has 1 N–H and O–H groups in total. The van der Waals surface area contributed by atoms with Gasteiger partial charge >= 0.3 is 0 Å². The Hall–Kier alpha value is -1.000. The number of hydrogen-bond acceptors (Lipinski definition) is 2. The fourth-order valence-electron chi connectivity index (χ4n) is 2.04. The van der Waals surface area contributed by atoms with E-state index in [9.17, 15) is 0 Å². The molecule has 0 atom stereocenters. The minimum absolute atomic E-state index is 0.665. The van der Waals surface area contributed by atoms with Crippen LogP contribution in [-0.2, 0) is 20.0 Å². The van der Waals surface area contributed by atoms with Crippen molar-refractivity contribution in [2.24, 2.45) is 7.05 Å². The quantitative estimate of drug-likeness (QED) is 0.897. The molecule has 0 spiro atoms. The van der Waals surface area contributed by atoms with Crippen molar-refractivity contribution in [2.75, 3.05) is 5.32 Å². The minimum Gasteiger partial charge on any atom is -0.379 e. The van der Waals surface area contributed by atoms with E-state index >= 15 is 0 Å². The average molecular weight is 343 g/mol. The van der Waals surface area contributed by atoms with E-state index < -0.39 is 0 Å². The third-order valence-electron chi connectivity index (χ3n) is 3.01. The van der Waals surface area contributed by atoms with Gasteiger partial charge in [-0.2, -0.15) is 5.10 Å². The van der Waals surface area contributed by atoms with Crippen LogP contribution in [0.2, 0.25) is 5.02 Å². The van der Waals surface area contributed by atoms with Crippen LogP contribution >= 0.6 is 27.5 Å².